The normalized spacial score (nSPS) is 10.7. The lowest BCUT2D eigenvalue weighted by Crippen LogP contribution is -2.01. The van der Waals surface area contributed by atoms with Gasteiger partial charge in [-0.1, -0.05) is 42.5 Å². The van der Waals surface area contributed by atoms with Crippen LogP contribution in [-0.2, 0) is 6.61 Å². The predicted octanol–water partition coefficient (Wildman–Crippen LogP) is 6.86. The van der Waals surface area contributed by atoms with Crippen LogP contribution in [0.15, 0.2) is 134 Å². The predicted molar refractivity (Wildman–Crippen MR) is 207 cm³/mol. The second kappa shape index (κ2) is 16.4. The third kappa shape index (κ3) is 8.05. The molecule has 0 radical (unpaired) electrons. The Hall–Kier alpha value is -7.84. The highest BCUT2D eigenvalue weighted by Crippen LogP contribution is 2.35. The van der Waals surface area contributed by atoms with Crippen molar-refractivity contribution in [2.24, 2.45) is 0 Å². The first-order chi connectivity index (χ1) is 27.3. The Morgan fingerprint density at radius 2 is 0.839 bits per heavy atom. The third-order valence-electron chi connectivity index (χ3n) is 8.28. The van der Waals surface area contributed by atoms with Crippen LogP contribution in [0.25, 0.3) is 68.6 Å². The second-order valence-electron chi connectivity index (χ2n) is 12.0. The highest BCUT2D eigenvalue weighted by Gasteiger charge is 2.19. The summed E-state index contributed by atoms with van der Waals surface area (Å²) in [5.41, 5.74) is 3.34. The van der Waals surface area contributed by atoms with Crippen molar-refractivity contribution in [1.29, 1.82) is 0 Å². The Kier molecular flexibility index (Phi) is 10.7. The minimum absolute atomic E-state index is 0.0571. The van der Waals surface area contributed by atoms with Crippen molar-refractivity contribution in [3.63, 3.8) is 0 Å². The van der Waals surface area contributed by atoms with Gasteiger partial charge in [0.05, 0.1) is 36.0 Å². The monoisotopic (exact) mass is 744 g/mol. The van der Waals surface area contributed by atoms with Gasteiger partial charge >= 0.3 is 0 Å². The van der Waals surface area contributed by atoms with Gasteiger partial charge in [-0.3, -0.25) is 9.97 Å². The first-order valence-electron chi connectivity index (χ1n) is 17.0. The van der Waals surface area contributed by atoms with E-state index in [0.29, 0.717) is 62.4 Å². The van der Waals surface area contributed by atoms with Crippen molar-refractivity contribution in [1.82, 2.24) is 39.9 Å². The Labute approximate surface area is 319 Å². The fourth-order valence-corrected chi connectivity index (χ4v) is 5.47. The minimum atomic E-state index is -0.199. The van der Waals surface area contributed by atoms with E-state index in [2.05, 4.69) is 39.9 Å². The molecule has 8 rings (SSSR count). The van der Waals surface area contributed by atoms with Crippen molar-refractivity contribution in [3.8, 4) is 97.3 Å². The molecule has 0 saturated heterocycles. The summed E-state index contributed by atoms with van der Waals surface area (Å²) < 4.78 is 5.13. The van der Waals surface area contributed by atoms with E-state index in [1.807, 2.05) is 12.1 Å². The molecular weight excluding hydrogens is 713 g/mol. The number of phenols is 4. The number of nitrogens with zero attached hydrogens (tertiary/aromatic N) is 8. The molecule has 0 aliphatic rings. The number of methoxy groups -OCH3 is 1. The van der Waals surface area contributed by atoms with E-state index in [-0.39, 0.29) is 47.1 Å². The van der Waals surface area contributed by atoms with Crippen molar-refractivity contribution < 1.29 is 30.3 Å². The highest BCUT2D eigenvalue weighted by atomic mass is 16.5. The summed E-state index contributed by atoms with van der Waals surface area (Å²) in [6, 6.07) is 33.9. The quantitative estimate of drug-likeness (QED) is 0.108. The van der Waals surface area contributed by atoms with Gasteiger partial charge in [-0.05, 0) is 78.4 Å². The second-order valence-corrected chi connectivity index (χ2v) is 12.0. The fourth-order valence-electron chi connectivity index (χ4n) is 5.47. The van der Waals surface area contributed by atoms with Crippen LogP contribution in [0.1, 0.15) is 5.56 Å². The molecule has 56 heavy (non-hydrogen) atoms. The molecule has 0 saturated carbocycles. The lowest BCUT2D eigenvalue weighted by atomic mass is 10.1. The smallest absolute Gasteiger partial charge is 0.182 e. The first kappa shape index (κ1) is 36.5. The van der Waals surface area contributed by atoms with Gasteiger partial charge in [-0.15, -0.1) is 0 Å². The topological polar surface area (TPSA) is 214 Å². The minimum Gasteiger partial charge on any atom is -0.507 e. The molecule has 0 fully saturated rings. The summed E-state index contributed by atoms with van der Waals surface area (Å²) in [6.07, 6.45) is 3.27. The number of aromatic nitrogens is 8. The van der Waals surface area contributed by atoms with E-state index in [1.54, 1.807) is 109 Å². The van der Waals surface area contributed by atoms with E-state index in [9.17, 15) is 25.5 Å². The lowest BCUT2D eigenvalue weighted by Gasteiger charge is -2.11. The molecule has 5 N–H and O–H groups in total. The average molecular weight is 745 g/mol. The molecule has 14 nitrogen and oxygen atoms in total. The van der Waals surface area contributed by atoms with Crippen molar-refractivity contribution in [2.75, 3.05) is 7.11 Å². The number of rotatable bonds is 8. The molecule has 8 aromatic rings. The number of hydrogen-bond acceptors (Lipinski definition) is 14. The lowest BCUT2D eigenvalue weighted by molar-refractivity contribution is 0.281. The Morgan fingerprint density at radius 3 is 1.23 bits per heavy atom. The van der Waals surface area contributed by atoms with Crippen LogP contribution in [0, 0.1) is 0 Å². The van der Waals surface area contributed by atoms with Gasteiger partial charge in [0.25, 0.3) is 0 Å². The van der Waals surface area contributed by atoms with Gasteiger partial charge in [0, 0.05) is 18.5 Å². The SMILES string of the molecule is COc1ccc(-c2nc(-c3ccccn3)nc(-c3ccc(CO)cc3O)n2)c(O)c1.Oc1ccccc1-c1nc(-c2ccccn2)nc(-c2ccccc2O)n1. The summed E-state index contributed by atoms with van der Waals surface area (Å²) >= 11 is 0. The van der Waals surface area contributed by atoms with E-state index >= 15 is 0 Å². The first-order valence-corrected chi connectivity index (χ1v) is 17.0. The van der Waals surface area contributed by atoms with Crippen LogP contribution in [0.4, 0.5) is 0 Å². The zero-order valence-electron chi connectivity index (χ0n) is 29.6. The molecule has 0 aliphatic heterocycles. The molecule has 4 aromatic carbocycles. The van der Waals surface area contributed by atoms with E-state index in [4.69, 9.17) is 4.74 Å². The average Bonchev–Trinajstić information content (AvgIpc) is 3.24. The molecular formula is C42H32N8O6. The Balaban J connectivity index is 0.000000173. The van der Waals surface area contributed by atoms with Crippen LogP contribution in [-0.4, -0.2) is 72.5 Å². The highest BCUT2D eigenvalue weighted by molar-refractivity contribution is 5.73. The van der Waals surface area contributed by atoms with Gasteiger partial charge in [0.1, 0.15) is 40.1 Å². The Bertz CT molecular complexity index is 2500. The molecule has 0 aliphatic carbocycles. The maximum Gasteiger partial charge on any atom is 0.182 e. The molecule has 14 heteroatoms. The van der Waals surface area contributed by atoms with Gasteiger partial charge in [-0.2, -0.15) is 0 Å². The number of benzene rings is 4. The largest absolute Gasteiger partial charge is 0.507 e. The number of phenolic OH excluding ortho intramolecular Hbond substituents is 4. The maximum atomic E-state index is 10.4. The van der Waals surface area contributed by atoms with Crippen LogP contribution >= 0.6 is 0 Å². The summed E-state index contributed by atoms with van der Waals surface area (Å²) in [5.74, 6) is 2.16. The number of aromatic hydroxyl groups is 4. The third-order valence-corrected chi connectivity index (χ3v) is 8.28. The zero-order valence-corrected chi connectivity index (χ0v) is 29.6. The van der Waals surface area contributed by atoms with Crippen LogP contribution < -0.4 is 4.74 Å². The fraction of sp³-hybridized carbons (Fsp3) is 0.0476. The zero-order chi connectivity index (χ0) is 39.0. The molecule has 4 aromatic heterocycles. The standard InChI is InChI=1S/C22H18N4O4.C20H14N4O2/c1-30-14-6-8-16(19(29)11-14)21-24-20(15-7-5-13(12-27)10-18(15)28)25-22(26-21)17-4-2-3-9-23-17;25-16-10-3-1-7-13(16)18-22-19(14-8-2-4-11-17(14)26)24-20(23-18)15-9-5-6-12-21-15/h2-11,27-29H,12H2,1H3;1-12,25-26H. The summed E-state index contributed by atoms with van der Waals surface area (Å²) in [4.78, 5) is 35.3. The number of aliphatic hydroxyl groups excluding tert-OH is 1. The van der Waals surface area contributed by atoms with Gasteiger partial charge in [0.15, 0.2) is 34.9 Å². The van der Waals surface area contributed by atoms with Crippen LogP contribution in [0.3, 0.4) is 0 Å². The Morgan fingerprint density at radius 1 is 0.429 bits per heavy atom. The van der Waals surface area contributed by atoms with Crippen molar-refractivity contribution >= 4 is 0 Å². The van der Waals surface area contributed by atoms with E-state index < -0.39 is 0 Å². The number of ether oxygens (including phenoxy) is 1. The molecule has 4 heterocycles. The van der Waals surface area contributed by atoms with Crippen molar-refractivity contribution in [2.45, 2.75) is 6.61 Å². The molecule has 0 amide bonds. The molecule has 0 bridgehead atoms. The molecule has 0 unspecified atom stereocenters. The summed E-state index contributed by atoms with van der Waals surface area (Å²) in [5, 5.41) is 50.5. The molecule has 0 atom stereocenters. The van der Waals surface area contributed by atoms with Crippen molar-refractivity contribution in [3.05, 3.63) is 139 Å². The molecule has 0 spiro atoms. The number of para-hydroxylation sites is 2. The van der Waals surface area contributed by atoms with Crippen LogP contribution in [0.2, 0.25) is 0 Å². The van der Waals surface area contributed by atoms with E-state index in [0.717, 1.165) is 0 Å². The number of aliphatic hydroxyl groups is 1. The van der Waals surface area contributed by atoms with Gasteiger partial charge in [-0.25, -0.2) is 29.9 Å². The molecule has 276 valence electrons. The number of pyridine rings is 2. The van der Waals surface area contributed by atoms with Crippen LogP contribution in [0.5, 0.6) is 28.7 Å². The summed E-state index contributed by atoms with van der Waals surface area (Å²) in [6.45, 7) is -0.199. The van der Waals surface area contributed by atoms with E-state index in [1.165, 1.54) is 19.2 Å². The summed E-state index contributed by atoms with van der Waals surface area (Å²) in [7, 11) is 1.51. The number of hydrogen-bond donors (Lipinski definition) is 5. The van der Waals surface area contributed by atoms with Gasteiger partial charge in [0.2, 0.25) is 0 Å². The van der Waals surface area contributed by atoms with Gasteiger partial charge < -0.3 is 30.3 Å². The maximum absolute atomic E-state index is 10.4.